The quantitative estimate of drug-likeness (QED) is 0.461. The first kappa shape index (κ1) is 13.5. The smallest absolute Gasteiger partial charge is 0.258 e. The monoisotopic (exact) mass is 305 g/mol. The molecule has 5 heteroatoms. The molecule has 3 nitrogen and oxygen atoms in total. The zero-order valence-electron chi connectivity index (χ0n) is 8.95. The maximum atomic E-state index is 10.8. The minimum Gasteiger partial charge on any atom is -0.258 e. The molecule has 0 saturated carbocycles. The van der Waals surface area contributed by atoms with Crippen molar-refractivity contribution in [2.45, 2.75) is 31.0 Å². The molecular formula is C11H13BrClNO2. The molecule has 1 aromatic rings. The van der Waals surface area contributed by atoms with Crippen molar-refractivity contribution in [2.24, 2.45) is 0 Å². The van der Waals surface area contributed by atoms with Gasteiger partial charge in [-0.15, -0.1) is 0 Å². The number of hydrogen-bond donors (Lipinski definition) is 0. The third-order valence-electron chi connectivity index (χ3n) is 2.44. The normalized spacial score (nSPS) is 12.4. The molecule has 1 atom stereocenters. The van der Waals surface area contributed by atoms with Crippen LogP contribution in [0.3, 0.4) is 0 Å². The minimum atomic E-state index is -0.379. The largest absolute Gasteiger partial charge is 0.274 e. The second-order valence-electron chi connectivity index (χ2n) is 3.54. The summed E-state index contributed by atoms with van der Waals surface area (Å²) in [6, 6.07) is 4.80. The van der Waals surface area contributed by atoms with Gasteiger partial charge >= 0.3 is 0 Å². The Kier molecular flexibility index (Phi) is 5.22. The van der Waals surface area contributed by atoms with Crippen molar-refractivity contribution in [3.05, 3.63) is 38.9 Å². The molecule has 0 saturated heterocycles. The van der Waals surface area contributed by atoms with Gasteiger partial charge in [0, 0.05) is 16.5 Å². The van der Waals surface area contributed by atoms with Crippen LogP contribution in [0.5, 0.6) is 0 Å². The fourth-order valence-electron chi connectivity index (χ4n) is 1.47. The highest BCUT2D eigenvalue weighted by Gasteiger charge is 2.16. The third kappa shape index (κ3) is 3.46. The van der Waals surface area contributed by atoms with E-state index in [1.807, 2.05) is 0 Å². The summed E-state index contributed by atoms with van der Waals surface area (Å²) >= 11 is 9.49. The van der Waals surface area contributed by atoms with Gasteiger partial charge in [0.1, 0.15) is 0 Å². The lowest BCUT2D eigenvalue weighted by Crippen LogP contribution is -2.01. The molecule has 0 aliphatic heterocycles. The number of nitrogens with zero attached hydrogens (tertiary/aromatic N) is 1. The van der Waals surface area contributed by atoms with Gasteiger partial charge < -0.3 is 0 Å². The van der Waals surface area contributed by atoms with Crippen LogP contribution in [0.2, 0.25) is 5.02 Å². The molecule has 1 aromatic carbocycles. The fraction of sp³-hybridized carbons (Fsp3) is 0.455. The molecule has 0 amide bonds. The van der Waals surface area contributed by atoms with Crippen LogP contribution in [0.25, 0.3) is 0 Å². The van der Waals surface area contributed by atoms with Gasteiger partial charge in [0.05, 0.1) is 9.95 Å². The molecule has 0 aromatic heterocycles. The SMILES string of the molecule is CCC(Br)CCc1c(Cl)cccc1[N+](=O)[O-]. The van der Waals surface area contributed by atoms with Crippen LogP contribution < -0.4 is 0 Å². The molecular weight excluding hydrogens is 293 g/mol. The molecule has 1 unspecified atom stereocenters. The second-order valence-corrected chi connectivity index (χ2v) is 5.24. The predicted molar refractivity (Wildman–Crippen MR) is 69.4 cm³/mol. The van der Waals surface area contributed by atoms with Crippen molar-refractivity contribution in [1.29, 1.82) is 0 Å². The zero-order chi connectivity index (χ0) is 12.1. The van der Waals surface area contributed by atoms with E-state index in [0.29, 0.717) is 21.8 Å². The maximum absolute atomic E-state index is 10.8. The molecule has 88 valence electrons. The summed E-state index contributed by atoms with van der Waals surface area (Å²) in [6.45, 7) is 2.07. The fourth-order valence-corrected chi connectivity index (χ4v) is 1.96. The van der Waals surface area contributed by atoms with Crippen LogP contribution in [0, 0.1) is 10.1 Å². The van der Waals surface area contributed by atoms with Crippen molar-refractivity contribution in [2.75, 3.05) is 0 Å². The van der Waals surface area contributed by atoms with Gasteiger partial charge in [-0.3, -0.25) is 10.1 Å². The van der Waals surface area contributed by atoms with E-state index in [1.54, 1.807) is 12.1 Å². The summed E-state index contributed by atoms with van der Waals surface area (Å²) in [7, 11) is 0. The molecule has 0 spiro atoms. The molecule has 0 heterocycles. The summed E-state index contributed by atoms with van der Waals surface area (Å²) in [4.78, 5) is 10.8. The van der Waals surface area contributed by atoms with Crippen LogP contribution in [-0.4, -0.2) is 9.75 Å². The van der Waals surface area contributed by atoms with Gasteiger partial charge in [-0.25, -0.2) is 0 Å². The number of benzene rings is 1. The van der Waals surface area contributed by atoms with E-state index in [4.69, 9.17) is 11.6 Å². The average Bonchev–Trinajstić information content (AvgIpc) is 2.26. The summed E-state index contributed by atoms with van der Waals surface area (Å²) < 4.78 is 0. The van der Waals surface area contributed by atoms with Crippen LogP contribution in [0.15, 0.2) is 18.2 Å². The number of hydrogen-bond acceptors (Lipinski definition) is 2. The number of nitro benzene ring substituents is 1. The van der Waals surface area contributed by atoms with Crippen LogP contribution in [0.4, 0.5) is 5.69 Å². The molecule has 0 fully saturated rings. The van der Waals surface area contributed by atoms with Crippen LogP contribution in [0.1, 0.15) is 25.3 Å². The second kappa shape index (κ2) is 6.21. The van der Waals surface area contributed by atoms with E-state index >= 15 is 0 Å². The first-order valence-corrected chi connectivity index (χ1v) is 6.41. The Balaban J connectivity index is 2.88. The van der Waals surface area contributed by atoms with Gasteiger partial charge in [-0.2, -0.15) is 0 Å². The van der Waals surface area contributed by atoms with Crippen molar-refractivity contribution in [3.63, 3.8) is 0 Å². The Morgan fingerprint density at radius 1 is 1.56 bits per heavy atom. The Bertz CT molecular complexity index is 384. The highest BCUT2D eigenvalue weighted by molar-refractivity contribution is 9.09. The summed E-state index contributed by atoms with van der Waals surface area (Å²) in [5, 5.41) is 11.3. The molecule has 0 aliphatic carbocycles. The predicted octanol–water partition coefficient (Wildman–Crippen LogP) is 4.35. The first-order valence-electron chi connectivity index (χ1n) is 5.12. The van der Waals surface area contributed by atoms with Gasteiger partial charge in [-0.05, 0) is 25.3 Å². The first-order chi connectivity index (χ1) is 7.56. The van der Waals surface area contributed by atoms with E-state index in [9.17, 15) is 10.1 Å². The lowest BCUT2D eigenvalue weighted by Gasteiger charge is -2.08. The molecule has 0 N–H and O–H groups in total. The van der Waals surface area contributed by atoms with Crippen LogP contribution in [-0.2, 0) is 6.42 Å². The number of nitro groups is 1. The van der Waals surface area contributed by atoms with Gasteiger partial charge in [-0.1, -0.05) is 40.5 Å². The Hall–Kier alpha value is -0.610. The molecule has 16 heavy (non-hydrogen) atoms. The standard InChI is InChI=1S/C11H13BrClNO2/c1-2-8(12)6-7-9-10(13)4-3-5-11(9)14(15)16/h3-5,8H,2,6-7H2,1H3. The van der Waals surface area contributed by atoms with Gasteiger partial charge in [0.25, 0.3) is 5.69 Å². The third-order valence-corrected chi connectivity index (χ3v) is 3.90. The Labute approximate surface area is 108 Å². The summed E-state index contributed by atoms with van der Waals surface area (Å²) in [6.07, 6.45) is 2.47. The van der Waals surface area contributed by atoms with Gasteiger partial charge in [0.15, 0.2) is 0 Å². The topological polar surface area (TPSA) is 43.1 Å². The number of halogens is 2. The number of rotatable bonds is 5. The van der Waals surface area contributed by atoms with E-state index in [1.165, 1.54) is 6.07 Å². The minimum absolute atomic E-state index is 0.114. The van der Waals surface area contributed by atoms with Crippen molar-refractivity contribution in [1.82, 2.24) is 0 Å². The highest BCUT2D eigenvalue weighted by atomic mass is 79.9. The van der Waals surface area contributed by atoms with E-state index in [-0.39, 0.29) is 10.6 Å². The molecule has 1 rings (SSSR count). The van der Waals surface area contributed by atoms with E-state index in [0.717, 1.165) is 12.8 Å². The van der Waals surface area contributed by atoms with Crippen LogP contribution >= 0.6 is 27.5 Å². The van der Waals surface area contributed by atoms with E-state index < -0.39 is 0 Å². The summed E-state index contributed by atoms with van der Waals surface area (Å²) in [5.41, 5.74) is 0.746. The molecule has 0 aliphatic rings. The average molecular weight is 307 g/mol. The molecule has 0 bridgehead atoms. The maximum Gasteiger partial charge on any atom is 0.274 e. The Morgan fingerprint density at radius 2 is 2.25 bits per heavy atom. The van der Waals surface area contributed by atoms with Gasteiger partial charge in [0.2, 0.25) is 0 Å². The zero-order valence-corrected chi connectivity index (χ0v) is 11.3. The summed E-state index contributed by atoms with van der Waals surface area (Å²) in [5.74, 6) is 0. The van der Waals surface area contributed by atoms with Crippen molar-refractivity contribution < 1.29 is 4.92 Å². The van der Waals surface area contributed by atoms with Crippen molar-refractivity contribution >= 4 is 33.2 Å². The Morgan fingerprint density at radius 3 is 2.81 bits per heavy atom. The lowest BCUT2D eigenvalue weighted by atomic mass is 10.1. The van der Waals surface area contributed by atoms with Crippen molar-refractivity contribution in [3.8, 4) is 0 Å². The lowest BCUT2D eigenvalue weighted by molar-refractivity contribution is -0.385. The van der Waals surface area contributed by atoms with E-state index in [2.05, 4.69) is 22.9 Å². The number of alkyl halides is 1. The molecule has 0 radical (unpaired) electrons. The highest BCUT2D eigenvalue weighted by Crippen LogP contribution is 2.28.